The molecule has 16 heavy (non-hydrogen) atoms. The Morgan fingerprint density at radius 3 is 1.88 bits per heavy atom. The highest BCUT2D eigenvalue weighted by atomic mass is 16.9. The van der Waals surface area contributed by atoms with Crippen LogP contribution in [0.4, 0.5) is 0 Å². The van der Waals surface area contributed by atoms with E-state index in [4.69, 9.17) is 19.9 Å². The summed E-state index contributed by atoms with van der Waals surface area (Å²) >= 11 is 0. The molecule has 4 heteroatoms. The Labute approximate surface area is 98.7 Å². The third-order valence-electron chi connectivity index (χ3n) is 1.93. The van der Waals surface area contributed by atoms with Crippen LogP contribution >= 0.6 is 0 Å². The summed E-state index contributed by atoms with van der Waals surface area (Å²) in [6, 6.07) is 0. The van der Waals surface area contributed by atoms with Crippen LogP contribution in [0.15, 0.2) is 12.2 Å². The molecule has 0 radical (unpaired) electrons. The van der Waals surface area contributed by atoms with E-state index in [0.29, 0.717) is 26.4 Å². The van der Waals surface area contributed by atoms with Crippen molar-refractivity contribution in [1.29, 1.82) is 0 Å². The first-order valence-electron chi connectivity index (χ1n) is 6.04. The molecule has 0 aromatic rings. The zero-order valence-electron chi connectivity index (χ0n) is 10.7. The van der Waals surface area contributed by atoms with Gasteiger partial charge in [0.1, 0.15) is 0 Å². The van der Waals surface area contributed by atoms with Gasteiger partial charge in [-0.25, -0.2) is 0 Å². The molecule has 0 atom stereocenters. The minimum absolute atomic E-state index is 0.543. The summed E-state index contributed by atoms with van der Waals surface area (Å²) in [4.78, 5) is 0. The molecule has 0 rings (SSSR count). The van der Waals surface area contributed by atoms with Crippen molar-refractivity contribution in [3.8, 4) is 0 Å². The largest absolute Gasteiger partial charge is 0.330 e. The molecule has 0 bridgehead atoms. The van der Waals surface area contributed by atoms with Crippen LogP contribution in [0.2, 0.25) is 0 Å². The fraction of sp³-hybridized carbons (Fsp3) is 0.833. The number of ether oxygens (including phenoxy) is 3. The van der Waals surface area contributed by atoms with E-state index in [0.717, 1.165) is 12.8 Å². The Bertz CT molecular complexity index is 166. The second-order valence-corrected chi connectivity index (χ2v) is 3.24. The van der Waals surface area contributed by atoms with Gasteiger partial charge in [0, 0.05) is 25.9 Å². The van der Waals surface area contributed by atoms with Gasteiger partial charge in [0.2, 0.25) is 0 Å². The molecule has 0 aliphatic carbocycles. The van der Waals surface area contributed by atoms with Crippen LogP contribution in [-0.4, -0.2) is 32.3 Å². The van der Waals surface area contributed by atoms with Gasteiger partial charge in [-0.3, -0.25) is 0 Å². The Kier molecular flexibility index (Phi) is 9.52. The van der Waals surface area contributed by atoms with E-state index in [2.05, 4.69) is 0 Å². The maximum Gasteiger partial charge on any atom is 0.304 e. The van der Waals surface area contributed by atoms with Crippen molar-refractivity contribution in [2.75, 3.05) is 26.4 Å². The minimum atomic E-state index is -1.02. The van der Waals surface area contributed by atoms with Gasteiger partial charge in [-0.2, -0.15) is 0 Å². The van der Waals surface area contributed by atoms with Crippen molar-refractivity contribution in [3.63, 3.8) is 0 Å². The predicted octanol–water partition coefficient (Wildman–Crippen LogP) is 2.04. The summed E-state index contributed by atoms with van der Waals surface area (Å²) in [6.07, 6.45) is 5.69. The number of hydrogen-bond donors (Lipinski definition) is 1. The number of unbranched alkanes of at least 4 members (excludes halogenated alkanes) is 1. The highest BCUT2D eigenvalue weighted by Crippen LogP contribution is 2.18. The lowest BCUT2D eigenvalue weighted by atomic mass is 10.3. The van der Waals surface area contributed by atoms with Crippen LogP contribution in [0.25, 0.3) is 0 Å². The lowest BCUT2D eigenvalue weighted by Gasteiger charge is -2.29. The maximum absolute atomic E-state index is 5.53. The third kappa shape index (κ3) is 6.23. The molecule has 96 valence electrons. The summed E-state index contributed by atoms with van der Waals surface area (Å²) in [6.45, 7) is 8.07. The second kappa shape index (κ2) is 9.78. The smallest absolute Gasteiger partial charge is 0.304 e. The van der Waals surface area contributed by atoms with Gasteiger partial charge in [0.25, 0.3) is 0 Å². The van der Waals surface area contributed by atoms with Crippen molar-refractivity contribution in [2.45, 2.75) is 39.6 Å². The molecule has 0 amide bonds. The predicted molar refractivity (Wildman–Crippen MR) is 65.0 cm³/mol. The van der Waals surface area contributed by atoms with E-state index in [1.807, 2.05) is 32.9 Å². The van der Waals surface area contributed by atoms with Crippen molar-refractivity contribution >= 4 is 0 Å². The lowest BCUT2D eigenvalue weighted by Crippen LogP contribution is -2.37. The van der Waals surface area contributed by atoms with Gasteiger partial charge in [-0.1, -0.05) is 6.08 Å². The summed E-state index contributed by atoms with van der Waals surface area (Å²) in [5.74, 6) is -1.02. The molecule has 0 aliphatic rings. The van der Waals surface area contributed by atoms with Crippen molar-refractivity contribution in [1.82, 2.24) is 0 Å². The van der Waals surface area contributed by atoms with Gasteiger partial charge in [0.05, 0.1) is 0 Å². The zero-order chi connectivity index (χ0) is 12.3. The van der Waals surface area contributed by atoms with Crippen molar-refractivity contribution < 1.29 is 14.2 Å². The normalized spacial score (nSPS) is 12.5. The standard InChI is InChI=1S/C12H25NO3/c1-4-14-12(15-5-2,16-6-3)10-8-7-9-11-13/h8,10H,4-7,9,11,13H2,1-3H3. The summed E-state index contributed by atoms with van der Waals surface area (Å²) < 4.78 is 16.6. The Morgan fingerprint density at radius 1 is 1.00 bits per heavy atom. The molecule has 0 saturated carbocycles. The van der Waals surface area contributed by atoms with E-state index >= 15 is 0 Å². The molecule has 4 nitrogen and oxygen atoms in total. The number of rotatable bonds is 10. The van der Waals surface area contributed by atoms with E-state index in [1.165, 1.54) is 0 Å². The average molecular weight is 231 g/mol. The van der Waals surface area contributed by atoms with E-state index < -0.39 is 5.97 Å². The minimum Gasteiger partial charge on any atom is -0.330 e. The molecular formula is C12H25NO3. The third-order valence-corrected chi connectivity index (χ3v) is 1.93. The molecule has 0 spiro atoms. The van der Waals surface area contributed by atoms with Gasteiger partial charge < -0.3 is 19.9 Å². The highest BCUT2D eigenvalue weighted by molar-refractivity contribution is 4.91. The van der Waals surface area contributed by atoms with Crippen molar-refractivity contribution in [3.05, 3.63) is 12.2 Å². The summed E-state index contributed by atoms with van der Waals surface area (Å²) in [5.41, 5.74) is 5.43. The highest BCUT2D eigenvalue weighted by Gasteiger charge is 2.28. The number of hydrogen-bond acceptors (Lipinski definition) is 4. The van der Waals surface area contributed by atoms with Crippen LogP contribution in [0.5, 0.6) is 0 Å². The van der Waals surface area contributed by atoms with Crippen LogP contribution in [0, 0.1) is 0 Å². The van der Waals surface area contributed by atoms with Gasteiger partial charge in [0.15, 0.2) is 0 Å². The number of nitrogens with two attached hydrogens (primary N) is 1. The Hall–Kier alpha value is -0.420. The van der Waals surface area contributed by atoms with Gasteiger partial charge >= 0.3 is 5.97 Å². The summed E-state index contributed by atoms with van der Waals surface area (Å²) in [7, 11) is 0. The molecular weight excluding hydrogens is 206 g/mol. The summed E-state index contributed by atoms with van der Waals surface area (Å²) in [5, 5.41) is 0. The Balaban J connectivity index is 4.39. The average Bonchev–Trinajstić information content (AvgIpc) is 2.26. The molecule has 0 unspecified atom stereocenters. The SMILES string of the molecule is CCOC(C=CCCCN)(OCC)OCC. The molecule has 0 heterocycles. The fourth-order valence-electron chi connectivity index (χ4n) is 1.34. The molecule has 0 aliphatic heterocycles. The quantitative estimate of drug-likeness (QED) is 0.355. The van der Waals surface area contributed by atoms with Gasteiger partial charge in [-0.15, -0.1) is 0 Å². The molecule has 0 saturated heterocycles. The maximum atomic E-state index is 5.53. The molecule has 2 N–H and O–H groups in total. The first-order chi connectivity index (χ1) is 7.74. The Morgan fingerprint density at radius 2 is 1.50 bits per heavy atom. The molecule has 0 aromatic carbocycles. The lowest BCUT2D eigenvalue weighted by molar-refractivity contribution is -0.345. The fourth-order valence-corrected chi connectivity index (χ4v) is 1.34. The number of allylic oxidation sites excluding steroid dienone is 1. The van der Waals surface area contributed by atoms with Crippen molar-refractivity contribution in [2.24, 2.45) is 5.73 Å². The monoisotopic (exact) mass is 231 g/mol. The van der Waals surface area contributed by atoms with E-state index in [1.54, 1.807) is 0 Å². The molecule has 0 aromatic heterocycles. The topological polar surface area (TPSA) is 53.7 Å². The zero-order valence-corrected chi connectivity index (χ0v) is 10.7. The van der Waals surface area contributed by atoms with E-state index in [9.17, 15) is 0 Å². The van der Waals surface area contributed by atoms with Crippen LogP contribution in [0.1, 0.15) is 33.6 Å². The van der Waals surface area contributed by atoms with Gasteiger partial charge in [-0.05, 0) is 40.2 Å². The van der Waals surface area contributed by atoms with E-state index in [-0.39, 0.29) is 0 Å². The second-order valence-electron chi connectivity index (χ2n) is 3.24. The first-order valence-corrected chi connectivity index (χ1v) is 6.04. The van der Waals surface area contributed by atoms with Crippen LogP contribution in [0.3, 0.4) is 0 Å². The molecule has 0 fully saturated rings. The van der Waals surface area contributed by atoms with Crippen LogP contribution < -0.4 is 5.73 Å². The first kappa shape index (κ1) is 15.6. The van der Waals surface area contributed by atoms with Crippen LogP contribution in [-0.2, 0) is 14.2 Å².